The third-order valence-electron chi connectivity index (χ3n) is 3.30. The third-order valence-corrected chi connectivity index (χ3v) is 3.30. The Morgan fingerprint density at radius 2 is 1.31 bits per heavy atom. The van der Waals surface area contributed by atoms with Gasteiger partial charge in [0.1, 0.15) is 0 Å². The minimum atomic E-state index is -0.507. The number of rotatable bonds is 6. The summed E-state index contributed by atoms with van der Waals surface area (Å²) in [5, 5.41) is 28.5. The number of nitro groups is 1. The molecule has 0 aliphatic carbocycles. The lowest BCUT2D eigenvalue weighted by Gasteiger charge is -2.09. The second-order valence-electron chi connectivity index (χ2n) is 5.09. The zero-order valence-electron chi connectivity index (χ0n) is 13.6. The number of nitrogens with zero attached hydrogens (tertiary/aromatic N) is 6. The van der Waals surface area contributed by atoms with Crippen LogP contribution in [0.25, 0.3) is 0 Å². The van der Waals surface area contributed by atoms with Crippen LogP contribution in [0.15, 0.2) is 106 Å². The van der Waals surface area contributed by atoms with Crippen LogP contribution in [0.3, 0.4) is 0 Å². The summed E-state index contributed by atoms with van der Waals surface area (Å²) in [5.74, 6) is 0. The minimum absolute atomic E-state index is 0.133. The highest BCUT2D eigenvalue weighted by Gasteiger charge is 2.12. The Bertz CT molecular complexity index is 929. The highest BCUT2D eigenvalue weighted by molar-refractivity contribution is 5.56. The van der Waals surface area contributed by atoms with E-state index >= 15 is 0 Å². The van der Waals surface area contributed by atoms with Gasteiger partial charge in [-0.25, -0.2) is 0 Å². The van der Waals surface area contributed by atoms with E-state index in [1.54, 1.807) is 36.4 Å². The number of anilines is 1. The van der Waals surface area contributed by atoms with E-state index in [-0.39, 0.29) is 11.4 Å². The Hall–Kier alpha value is -3.94. The molecule has 0 heterocycles. The van der Waals surface area contributed by atoms with Gasteiger partial charge in [0.15, 0.2) is 5.69 Å². The first kappa shape index (κ1) is 16.9. The number of nitro benzene ring substituents is 1. The van der Waals surface area contributed by atoms with Gasteiger partial charge >= 0.3 is 0 Å². The zero-order valence-corrected chi connectivity index (χ0v) is 13.6. The first-order valence-corrected chi connectivity index (χ1v) is 7.71. The molecule has 0 aromatic heterocycles. The van der Waals surface area contributed by atoms with Gasteiger partial charge in [-0.2, -0.15) is 0 Å². The summed E-state index contributed by atoms with van der Waals surface area (Å²) in [6, 6.07) is 24.3. The Morgan fingerprint density at radius 3 is 2.00 bits per heavy atom. The SMILES string of the molecule is O=[N+]([O-])c1ccccc1N=NN(N=Nc1ccccc1)c1ccccc1. The molecule has 0 N–H and O–H groups in total. The summed E-state index contributed by atoms with van der Waals surface area (Å²) < 4.78 is 0. The molecule has 0 spiro atoms. The molecule has 3 rings (SSSR count). The molecule has 26 heavy (non-hydrogen) atoms. The quantitative estimate of drug-likeness (QED) is 0.320. The average molecular weight is 346 g/mol. The number of para-hydroxylation sites is 2. The molecule has 0 saturated heterocycles. The predicted octanol–water partition coefficient (Wildman–Crippen LogP) is 5.80. The van der Waals surface area contributed by atoms with Crippen molar-refractivity contribution in [3.8, 4) is 0 Å². The molecule has 0 radical (unpaired) electrons. The standard InChI is InChI=1S/C18H14N6O2/c25-24(26)18-14-8-7-13-17(18)20-22-23(16-11-5-2-6-12-16)21-19-15-9-3-1-4-10-15/h1-14H. The van der Waals surface area contributed by atoms with E-state index in [1.165, 1.54) is 17.3 Å². The second kappa shape index (κ2) is 8.25. The molecule has 0 saturated carbocycles. The van der Waals surface area contributed by atoms with Crippen LogP contribution < -0.4 is 5.12 Å². The maximum Gasteiger partial charge on any atom is 0.296 e. The molecule has 0 aliphatic rings. The lowest BCUT2D eigenvalue weighted by molar-refractivity contribution is -0.384. The Kier molecular flexibility index (Phi) is 5.36. The highest BCUT2D eigenvalue weighted by atomic mass is 16.6. The van der Waals surface area contributed by atoms with Crippen LogP contribution in [0.4, 0.5) is 22.7 Å². The summed E-state index contributed by atoms with van der Waals surface area (Å²) in [6.45, 7) is 0. The van der Waals surface area contributed by atoms with Crippen LogP contribution in [0.2, 0.25) is 0 Å². The summed E-state index contributed by atoms with van der Waals surface area (Å²) in [4.78, 5) is 10.6. The summed E-state index contributed by atoms with van der Waals surface area (Å²) in [5.41, 5.74) is 1.27. The van der Waals surface area contributed by atoms with Gasteiger partial charge in [0.05, 0.1) is 16.3 Å². The number of hydrogen-bond acceptors (Lipinski definition) is 6. The van der Waals surface area contributed by atoms with Crippen LogP contribution in [-0.4, -0.2) is 4.92 Å². The summed E-state index contributed by atoms with van der Waals surface area (Å²) >= 11 is 0. The van der Waals surface area contributed by atoms with Crippen molar-refractivity contribution in [3.05, 3.63) is 95.0 Å². The van der Waals surface area contributed by atoms with Gasteiger partial charge in [0.2, 0.25) is 0 Å². The predicted molar refractivity (Wildman–Crippen MR) is 97.5 cm³/mol. The Labute approximate surface area is 149 Å². The molecule has 0 aliphatic heterocycles. The molecule has 0 fully saturated rings. The molecule has 3 aromatic rings. The highest BCUT2D eigenvalue weighted by Crippen LogP contribution is 2.27. The Morgan fingerprint density at radius 1 is 0.731 bits per heavy atom. The smallest absolute Gasteiger partial charge is 0.258 e. The van der Waals surface area contributed by atoms with E-state index in [0.29, 0.717) is 11.4 Å². The number of benzene rings is 3. The van der Waals surface area contributed by atoms with Crippen molar-refractivity contribution in [3.63, 3.8) is 0 Å². The third kappa shape index (κ3) is 4.32. The molecule has 3 aromatic carbocycles. The van der Waals surface area contributed by atoms with E-state index in [9.17, 15) is 10.1 Å². The fraction of sp³-hybridized carbons (Fsp3) is 0. The molecule has 0 atom stereocenters. The fourth-order valence-corrected chi connectivity index (χ4v) is 2.06. The van der Waals surface area contributed by atoms with Crippen molar-refractivity contribution in [2.24, 2.45) is 20.7 Å². The zero-order chi connectivity index (χ0) is 18.2. The van der Waals surface area contributed by atoms with Gasteiger partial charge in [0.25, 0.3) is 5.69 Å². The minimum Gasteiger partial charge on any atom is -0.258 e. The fourth-order valence-electron chi connectivity index (χ4n) is 2.06. The van der Waals surface area contributed by atoms with Crippen molar-refractivity contribution in [2.75, 3.05) is 5.12 Å². The topological polar surface area (TPSA) is 95.8 Å². The maximum atomic E-state index is 11.1. The van der Waals surface area contributed by atoms with Gasteiger partial charge in [-0.3, -0.25) is 10.1 Å². The maximum absolute atomic E-state index is 11.1. The van der Waals surface area contributed by atoms with Crippen LogP contribution >= 0.6 is 0 Å². The monoisotopic (exact) mass is 346 g/mol. The molecule has 0 bridgehead atoms. The second-order valence-corrected chi connectivity index (χ2v) is 5.09. The average Bonchev–Trinajstić information content (AvgIpc) is 2.69. The van der Waals surface area contributed by atoms with Crippen molar-refractivity contribution < 1.29 is 4.92 Å². The van der Waals surface area contributed by atoms with Gasteiger partial charge in [-0.15, -0.1) is 15.3 Å². The first-order chi connectivity index (χ1) is 12.7. The molecule has 8 heteroatoms. The molecule has 128 valence electrons. The lowest BCUT2D eigenvalue weighted by atomic mass is 10.3. The lowest BCUT2D eigenvalue weighted by Crippen LogP contribution is -2.05. The van der Waals surface area contributed by atoms with Crippen molar-refractivity contribution in [1.29, 1.82) is 0 Å². The van der Waals surface area contributed by atoms with E-state index in [1.807, 2.05) is 36.4 Å². The summed E-state index contributed by atoms with van der Waals surface area (Å²) in [7, 11) is 0. The number of hydrogen-bond donors (Lipinski definition) is 0. The van der Waals surface area contributed by atoms with Crippen LogP contribution in [0.5, 0.6) is 0 Å². The van der Waals surface area contributed by atoms with Crippen molar-refractivity contribution in [1.82, 2.24) is 0 Å². The largest absolute Gasteiger partial charge is 0.296 e. The molecule has 8 nitrogen and oxygen atoms in total. The van der Waals surface area contributed by atoms with Crippen molar-refractivity contribution in [2.45, 2.75) is 0 Å². The molecular weight excluding hydrogens is 332 g/mol. The molecule has 0 amide bonds. The van der Waals surface area contributed by atoms with Crippen LogP contribution in [-0.2, 0) is 0 Å². The molecule has 0 unspecified atom stereocenters. The summed E-state index contributed by atoms with van der Waals surface area (Å²) in [6.07, 6.45) is 0. The Balaban J connectivity index is 1.92. The van der Waals surface area contributed by atoms with Crippen LogP contribution in [0, 0.1) is 10.1 Å². The van der Waals surface area contributed by atoms with Crippen molar-refractivity contribution >= 4 is 22.7 Å². The van der Waals surface area contributed by atoms with Crippen LogP contribution in [0.1, 0.15) is 0 Å². The van der Waals surface area contributed by atoms with E-state index < -0.39 is 4.92 Å². The van der Waals surface area contributed by atoms with Gasteiger partial charge < -0.3 is 0 Å². The van der Waals surface area contributed by atoms with Gasteiger partial charge in [-0.05, 0) is 40.8 Å². The van der Waals surface area contributed by atoms with Gasteiger partial charge in [0, 0.05) is 6.07 Å². The van der Waals surface area contributed by atoms with E-state index in [0.717, 1.165) is 0 Å². The molecular formula is C18H14N6O2. The normalized spacial score (nSPS) is 11.1. The first-order valence-electron chi connectivity index (χ1n) is 7.71. The van der Waals surface area contributed by atoms with E-state index in [4.69, 9.17) is 0 Å². The van der Waals surface area contributed by atoms with Gasteiger partial charge in [-0.1, -0.05) is 48.5 Å². The van der Waals surface area contributed by atoms with E-state index in [2.05, 4.69) is 20.7 Å².